The molecule has 0 amide bonds. The van der Waals surface area contributed by atoms with Crippen LogP contribution in [0.4, 0.5) is 0 Å². The molecule has 0 saturated heterocycles. The highest BCUT2D eigenvalue weighted by Crippen LogP contribution is 2.37. The summed E-state index contributed by atoms with van der Waals surface area (Å²) in [5.74, 6) is 0. The molecule has 3 nitrogen and oxygen atoms in total. The maximum absolute atomic E-state index is 5.51. The summed E-state index contributed by atoms with van der Waals surface area (Å²) in [6, 6.07) is 39.4. The molecule has 0 N–H and O–H groups in total. The summed E-state index contributed by atoms with van der Waals surface area (Å²) >= 11 is 0. The third-order valence-electron chi connectivity index (χ3n) is 10.5. The smallest absolute Gasteiger partial charge is 0.0725 e. The molecule has 1 aliphatic carbocycles. The Morgan fingerprint density at radius 1 is 0.727 bits per heavy atom. The largest absolute Gasteiger partial charge is 0.310 e. The minimum atomic E-state index is 0.755. The number of aromatic nitrogens is 2. The molecule has 55 heavy (non-hydrogen) atoms. The summed E-state index contributed by atoms with van der Waals surface area (Å²) in [7, 11) is 0. The molecule has 0 bridgehead atoms. The van der Waals surface area contributed by atoms with E-state index in [4.69, 9.17) is 4.99 Å². The van der Waals surface area contributed by atoms with Crippen LogP contribution in [0.3, 0.4) is 0 Å². The van der Waals surface area contributed by atoms with Gasteiger partial charge in [0.05, 0.1) is 33.6 Å². The van der Waals surface area contributed by atoms with Gasteiger partial charge in [0.25, 0.3) is 0 Å². The monoisotopic (exact) mass is 711 g/mol. The lowest BCUT2D eigenvalue weighted by Crippen LogP contribution is -2.08. The molecule has 8 rings (SSSR count). The fourth-order valence-electron chi connectivity index (χ4n) is 7.78. The van der Waals surface area contributed by atoms with Gasteiger partial charge in [0.15, 0.2) is 0 Å². The number of hydrogen-bond donors (Lipinski definition) is 0. The molecule has 0 radical (unpaired) electrons. The summed E-state index contributed by atoms with van der Waals surface area (Å²) in [6.07, 6.45) is 22.8. The lowest BCUT2D eigenvalue weighted by Gasteiger charge is -2.18. The molecule has 0 spiro atoms. The molecule has 0 atom stereocenters. The van der Waals surface area contributed by atoms with Gasteiger partial charge in [-0.1, -0.05) is 134 Å². The number of fused-ring (bicyclic) bond motifs is 4. The van der Waals surface area contributed by atoms with Crippen molar-refractivity contribution in [2.75, 3.05) is 0 Å². The van der Waals surface area contributed by atoms with Gasteiger partial charge in [-0.15, -0.1) is 0 Å². The number of aliphatic imine (C=N–C) groups is 1. The topological polar surface area (TPSA) is 22.2 Å². The van der Waals surface area contributed by atoms with Crippen LogP contribution in [0.25, 0.3) is 55.9 Å². The Balaban J connectivity index is 1.42. The molecule has 268 valence electrons. The van der Waals surface area contributed by atoms with Gasteiger partial charge in [0, 0.05) is 33.1 Å². The number of rotatable bonds is 10. The Hall–Kier alpha value is -6.71. The van der Waals surface area contributed by atoms with Gasteiger partial charge >= 0.3 is 0 Å². The van der Waals surface area contributed by atoms with E-state index in [0.717, 1.165) is 69.0 Å². The van der Waals surface area contributed by atoms with E-state index in [1.54, 1.807) is 0 Å². The van der Waals surface area contributed by atoms with Gasteiger partial charge in [-0.3, -0.25) is 0 Å². The quantitative estimate of drug-likeness (QED) is 0.0996. The molecule has 0 aliphatic heterocycles. The van der Waals surface area contributed by atoms with Crippen molar-refractivity contribution in [3.63, 3.8) is 0 Å². The second kappa shape index (κ2) is 15.3. The fourth-order valence-corrected chi connectivity index (χ4v) is 7.78. The standard InChI is InChI=1S/C52H45N3/c1-6-8-23-48-38(5)43-33-36(3)25-30-50(43)54(48)41-28-32-52(55-49-24-17-16-22-42(49)44-34-37(4)26-31-51(44)55)45(35-41)46(7-2)53-47(40-20-14-11-15-21-40)29-27-39-18-12-9-10-13-19-39/h6-9,11-26,28-35H,1-2,10,27H2,3-5H3/b23-8-,47-29-,53-46?. The molecule has 2 aromatic heterocycles. The Morgan fingerprint density at radius 2 is 1.45 bits per heavy atom. The molecule has 2 heterocycles. The minimum absolute atomic E-state index is 0.755. The van der Waals surface area contributed by atoms with Crippen LogP contribution in [-0.2, 0) is 0 Å². The predicted molar refractivity (Wildman–Crippen MR) is 238 cm³/mol. The van der Waals surface area contributed by atoms with Gasteiger partial charge in [-0.25, -0.2) is 4.99 Å². The predicted octanol–water partition coefficient (Wildman–Crippen LogP) is 13.7. The van der Waals surface area contributed by atoms with Crippen LogP contribution in [0.1, 0.15) is 46.4 Å². The first-order valence-corrected chi connectivity index (χ1v) is 19.0. The number of benzene rings is 5. The molecule has 3 heteroatoms. The maximum Gasteiger partial charge on any atom is 0.0725 e. The van der Waals surface area contributed by atoms with E-state index in [9.17, 15) is 0 Å². The number of aryl methyl sites for hydroxylation is 3. The van der Waals surface area contributed by atoms with Crippen molar-refractivity contribution >= 4 is 50.2 Å². The van der Waals surface area contributed by atoms with Crippen LogP contribution in [0.5, 0.6) is 0 Å². The molecule has 7 aromatic rings. The highest BCUT2D eigenvalue weighted by molar-refractivity contribution is 6.15. The zero-order valence-electron chi connectivity index (χ0n) is 31.8. The second-order valence-electron chi connectivity index (χ2n) is 14.2. The molecule has 5 aromatic carbocycles. The molecule has 0 fully saturated rings. The highest BCUT2D eigenvalue weighted by Gasteiger charge is 2.20. The molecular weight excluding hydrogens is 667 g/mol. The first-order valence-electron chi connectivity index (χ1n) is 19.0. The molecule has 0 saturated carbocycles. The van der Waals surface area contributed by atoms with E-state index in [2.05, 4.69) is 195 Å². The lowest BCUT2D eigenvalue weighted by molar-refractivity contribution is 1.08. The third kappa shape index (κ3) is 6.82. The summed E-state index contributed by atoms with van der Waals surface area (Å²) in [5.41, 5.74) is 15.3. The van der Waals surface area contributed by atoms with Crippen LogP contribution in [-0.4, -0.2) is 14.8 Å². The van der Waals surface area contributed by atoms with Crippen molar-refractivity contribution < 1.29 is 0 Å². The van der Waals surface area contributed by atoms with Crippen LogP contribution < -0.4 is 0 Å². The van der Waals surface area contributed by atoms with Gasteiger partial charge in [-0.2, -0.15) is 0 Å². The third-order valence-corrected chi connectivity index (χ3v) is 10.5. The summed E-state index contributed by atoms with van der Waals surface area (Å²) in [5, 5.41) is 3.68. The number of hydrogen-bond acceptors (Lipinski definition) is 1. The fraction of sp³-hybridized carbons (Fsp3) is 0.0962. The first kappa shape index (κ1) is 35.3. The number of allylic oxidation sites excluding steroid dienone is 10. The van der Waals surface area contributed by atoms with Crippen LogP contribution in [0.2, 0.25) is 0 Å². The number of para-hydroxylation sites is 1. The Morgan fingerprint density at radius 3 is 2.24 bits per heavy atom. The zero-order valence-corrected chi connectivity index (χ0v) is 31.8. The lowest BCUT2D eigenvalue weighted by atomic mass is 10.0. The minimum Gasteiger partial charge on any atom is -0.310 e. The maximum atomic E-state index is 5.51. The molecular formula is C52H45N3. The van der Waals surface area contributed by atoms with Crippen molar-refractivity contribution in [3.05, 3.63) is 216 Å². The molecule has 1 aliphatic rings. The SMILES string of the molecule is C=C/C=C\c1c(C)c2cc(C)ccc2n1-c1ccc(-n2c3ccccc3c3cc(C)ccc32)c(C(C=C)=N/C(=C\CC2=CC=CCC=C2)c2ccccc2)c1. The van der Waals surface area contributed by atoms with Gasteiger partial charge in [-0.05, 0) is 111 Å². The van der Waals surface area contributed by atoms with Crippen LogP contribution in [0.15, 0.2) is 188 Å². The Kier molecular flexibility index (Phi) is 9.85. The van der Waals surface area contributed by atoms with Gasteiger partial charge in [0.1, 0.15) is 0 Å². The van der Waals surface area contributed by atoms with E-state index in [1.165, 1.54) is 38.4 Å². The molecule has 0 unspecified atom stereocenters. The zero-order chi connectivity index (χ0) is 37.9. The average Bonchev–Trinajstić information content (AvgIpc) is 3.51. The van der Waals surface area contributed by atoms with E-state index in [-0.39, 0.29) is 0 Å². The Bertz CT molecular complexity index is 2810. The van der Waals surface area contributed by atoms with Gasteiger partial charge in [0.2, 0.25) is 0 Å². The highest BCUT2D eigenvalue weighted by atomic mass is 15.0. The van der Waals surface area contributed by atoms with E-state index in [1.807, 2.05) is 18.2 Å². The van der Waals surface area contributed by atoms with Crippen molar-refractivity contribution in [1.29, 1.82) is 0 Å². The first-order chi connectivity index (χ1) is 26.9. The van der Waals surface area contributed by atoms with Crippen molar-refractivity contribution in [2.24, 2.45) is 4.99 Å². The van der Waals surface area contributed by atoms with Crippen molar-refractivity contribution in [2.45, 2.75) is 33.6 Å². The average molecular weight is 712 g/mol. The van der Waals surface area contributed by atoms with Crippen molar-refractivity contribution in [1.82, 2.24) is 9.13 Å². The van der Waals surface area contributed by atoms with Gasteiger partial charge < -0.3 is 9.13 Å². The van der Waals surface area contributed by atoms with Crippen molar-refractivity contribution in [3.8, 4) is 11.4 Å². The van der Waals surface area contributed by atoms with Crippen LogP contribution in [0, 0.1) is 20.8 Å². The van der Waals surface area contributed by atoms with E-state index < -0.39 is 0 Å². The Labute approximate surface area is 324 Å². The number of nitrogens with zero attached hydrogens (tertiary/aromatic N) is 3. The normalized spacial score (nSPS) is 13.6. The summed E-state index contributed by atoms with van der Waals surface area (Å²) in [6.45, 7) is 14.9. The van der Waals surface area contributed by atoms with E-state index >= 15 is 0 Å². The summed E-state index contributed by atoms with van der Waals surface area (Å²) in [4.78, 5) is 5.51. The second-order valence-corrected chi connectivity index (χ2v) is 14.2. The summed E-state index contributed by atoms with van der Waals surface area (Å²) < 4.78 is 4.75. The van der Waals surface area contributed by atoms with E-state index in [0.29, 0.717) is 0 Å². The van der Waals surface area contributed by atoms with Crippen LogP contribution >= 0.6 is 0 Å².